The van der Waals surface area contributed by atoms with Crippen LogP contribution in [0.15, 0.2) is 17.2 Å². The second kappa shape index (κ2) is 6.19. The number of carbonyl (C=O) groups is 2. The molecule has 8 nitrogen and oxygen atoms in total. The van der Waals surface area contributed by atoms with Crippen LogP contribution >= 0.6 is 0 Å². The molecule has 2 aromatic heterocycles. The van der Waals surface area contributed by atoms with E-state index >= 15 is 0 Å². The zero-order chi connectivity index (χ0) is 18.3. The summed E-state index contributed by atoms with van der Waals surface area (Å²) < 4.78 is 1.52. The number of nitrogens with one attached hydrogen (secondary N) is 1. The summed E-state index contributed by atoms with van der Waals surface area (Å²) in [4.78, 5) is 45.8. The summed E-state index contributed by atoms with van der Waals surface area (Å²) in [6.45, 7) is 5.87. The number of nitrogens with zero attached hydrogens (tertiary/aromatic N) is 3. The molecule has 1 unspecified atom stereocenters. The predicted octanol–water partition coefficient (Wildman–Crippen LogP) is 0.860. The van der Waals surface area contributed by atoms with Crippen molar-refractivity contribution in [2.45, 2.75) is 46.3 Å². The Labute approximate surface area is 144 Å². The highest BCUT2D eigenvalue weighted by Gasteiger charge is 2.37. The highest BCUT2D eigenvalue weighted by atomic mass is 16.4. The van der Waals surface area contributed by atoms with Crippen LogP contribution in [0.3, 0.4) is 0 Å². The van der Waals surface area contributed by atoms with Crippen LogP contribution in [0.25, 0.3) is 0 Å². The van der Waals surface area contributed by atoms with Crippen LogP contribution in [0.1, 0.15) is 39.9 Å². The summed E-state index contributed by atoms with van der Waals surface area (Å²) in [5, 5.41) is 9.54. The monoisotopic (exact) mass is 344 g/mol. The lowest BCUT2D eigenvalue weighted by atomic mass is 10.00. The van der Waals surface area contributed by atoms with E-state index in [0.717, 1.165) is 5.69 Å². The number of hydrogen-bond donors (Lipinski definition) is 2. The molecule has 25 heavy (non-hydrogen) atoms. The minimum Gasteiger partial charge on any atom is -0.480 e. The Kier molecular flexibility index (Phi) is 4.20. The van der Waals surface area contributed by atoms with E-state index in [1.54, 1.807) is 13.0 Å². The molecule has 1 atom stereocenters. The van der Waals surface area contributed by atoms with Gasteiger partial charge in [0.25, 0.3) is 11.5 Å². The third kappa shape index (κ3) is 2.73. The molecule has 0 radical (unpaired) electrons. The average Bonchev–Trinajstić information content (AvgIpc) is 3.00. The minimum atomic E-state index is -1.11. The number of aliphatic carboxylic acids is 1. The molecule has 0 fully saturated rings. The van der Waals surface area contributed by atoms with Crippen LogP contribution in [0.5, 0.6) is 0 Å². The van der Waals surface area contributed by atoms with Gasteiger partial charge in [-0.1, -0.05) is 0 Å². The van der Waals surface area contributed by atoms with Crippen LogP contribution in [0.4, 0.5) is 0 Å². The molecule has 1 aliphatic rings. The molecule has 132 valence electrons. The van der Waals surface area contributed by atoms with Gasteiger partial charge in [0, 0.05) is 18.7 Å². The fourth-order valence-electron chi connectivity index (χ4n) is 3.39. The van der Waals surface area contributed by atoms with Crippen molar-refractivity contribution in [2.75, 3.05) is 0 Å². The lowest BCUT2D eigenvalue weighted by Crippen LogP contribution is -2.50. The summed E-state index contributed by atoms with van der Waals surface area (Å²) in [6, 6.07) is 0.734. The number of aromatic amines is 1. The molecule has 0 bridgehead atoms. The number of H-pyrrole nitrogens is 1. The van der Waals surface area contributed by atoms with Gasteiger partial charge >= 0.3 is 5.97 Å². The lowest BCUT2D eigenvalue weighted by Gasteiger charge is -2.32. The number of hydrogen-bond acceptors (Lipinski definition) is 4. The van der Waals surface area contributed by atoms with Gasteiger partial charge in [0.1, 0.15) is 11.6 Å². The van der Waals surface area contributed by atoms with E-state index < -0.39 is 17.9 Å². The van der Waals surface area contributed by atoms with Crippen LogP contribution in [0, 0.1) is 13.8 Å². The number of carboxylic acids is 1. The number of carbonyl (C=O) groups excluding carboxylic acids is 1. The first-order chi connectivity index (χ1) is 11.8. The number of pyridine rings is 1. The van der Waals surface area contributed by atoms with Gasteiger partial charge in [-0.3, -0.25) is 9.59 Å². The van der Waals surface area contributed by atoms with E-state index in [9.17, 15) is 19.5 Å². The molecule has 1 aliphatic heterocycles. The van der Waals surface area contributed by atoms with Gasteiger partial charge in [0.2, 0.25) is 0 Å². The van der Waals surface area contributed by atoms with E-state index in [1.807, 2.05) is 13.8 Å². The zero-order valence-corrected chi connectivity index (χ0v) is 14.4. The van der Waals surface area contributed by atoms with Crippen molar-refractivity contribution in [1.82, 2.24) is 19.4 Å². The zero-order valence-electron chi connectivity index (χ0n) is 14.4. The Morgan fingerprint density at radius 3 is 2.76 bits per heavy atom. The number of aryl methyl sites for hydroxylation is 2. The molecule has 2 N–H and O–H groups in total. The topological polar surface area (TPSA) is 108 Å². The largest absolute Gasteiger partial charge is 0.480 e. The highest BCUT2D eigenvalue weighted by Crippen LogP contribution is 2.23. The molecule has 3 rings (SSSR count). The van der Waals surface area contributed by atoms with E-state index in [1.165, 1.54) is 15.8 Å². The minimum absolute atomic E-state index is 0.0293. The normalized spacial score (nSPS) is 16.6. The van der Waals surface area contributed by atoms with E-state index in [0.29, 0.717) is 23.5 Å². The van der Waals surface area contributed by atoms with Gasteiger partial charge in [-0.05, 0) is 32.4 Å². The number of amides is 1. The van der Waals surface area contributed by atoms with Crippen molar-refractivity contribution in [2.24, 2.45) is 0 Å². The summed E-state index contributed by atoms with van der Waals surface area (Å²) in [5.41, 5.74) is 2.31. The van der Waals surface area contributed by atoms with Crippen molar-refractivity contribution < 1.29 is 14.7 Å². The van der Waals surface area contributed by atoms with Gasteiger partial charge in [0.15, 0.2) is 0 Å². The predicted molar refractivity (Wildman–Crippen MR) is 89.4 cm³/mol. The van der Waals surface area contributed by atoms with Crippen molar-refractivity contribution in [3.05, 3.63) is 51.0 Å². The first kappa shape index (κ1) is 16.9. The van der Waals surface area contributed by atoms with E-state index in [4.69, 9.17) is 0 Å². The van der Waals surface area contributed by atoms with Gasteiger partial charge < -0.3 is 19.6 Å². The Balaban J connectivity index is 2.09. The maximum Gasteiger partial charge on any atom is 0.326 e. The van der Waals surface area contributed by atoms with Gasteiger partial charge in [0.05, 0.1) is 24.3 Å². The number of fused-ring (bicyclic) bond motifs is 1. The third-order valence-electron chi connectivity index (χ3n) is 4.68. The first-order valence-corrected chi connectivity index (χ1v) is 8.11. The summed E-state index contributed by atoms with van der Waals surface area (Å²) in [6.07, 6.45) is 1.60. The van der Waals surface area contributed by atoms with E-state index in [-0.39, 0.29) is 24.1 Å². The molecule has 0 saturated carbocycles. The molecular formula is C17H20N4O4. The Morgan fingerprint density at radius 2 is 2.12 bits per heavy atom. The fraction of sp³-hybridized carbons (Fsp3) is 0.412. The molecule has 0 saturated heterocycles. The Bertz CT molecular complexity index is 912. The highest BCUT2D eigenvalue weighted by molar-refractivity contribution is 5.97. The maximum absolute atomic E-state index is 13.1. The van der Waals surface area contributed by atoms with Crippen LogP contribution in [-0.4, -0.2) is 42.5 Å². The summed E-state index contributed by atoms with van der Waals surface area (Å²) in [7, 11) is 0. The summed E-state index contributed by atoms with van der Waals surface area (Å²) >= 11 is 0. The quantitative estimate of drug-likeness (QED) is 0.858. The van der Waals surface area contributed by atoms with Crippen LogP contribution in [0.2, 0.25) is 0 Å². The molecule has 1 amide bonds. The Morgan fingerprint density at radius 1 is 1.40 bits per heavy atom. The fourth-order valence-corrected chi connectivity index (χ4v) is 3.39. The molecule has 3 heterocycles. The van der Waals surface area contributed by atoms with Crippen molar-refractivity contribution in [3.63, 3.8) is 0 Å². The second-order valence-electron chi connectivity index (χ2n) is 6.21. The molecule has 0 spiro atoms. The molecule has 0 aliphatic carbocycles. The van der Waals surface area contributed by atoms with Crippen molar-refractivity contribution in [1.29, 1.82) is 0 Å². The first-order valence-electron chi connectivity index (χ1n) is 8.11. The molecule has 2 aromatic rings. The molecule has 8 heteroatoms. The number of rotatable bonds is 3. The van der Waals surface area contributed by atoms with Gasteiger partial charge in [-0.25, -0.2) is 9.78 Å². The molecule has 0 aromatic carbocycles. The Hall–Kier alpha value is -2.90. The lowest BCUT2D eigenvalue weighted by molar-refractivity contribution is -0.142. The number of carboxylic acid groups (broad SMARTS) is 1. The molecular weight excluding hydrogens is 324 g/mol. The standard InChI is InChI=1S/C17H20N4O4/c1-4-20-10(3)5-9(2)14(15(20)22)16(23)21-7-12-11(18-8-19-12)6-13(21)17(24)25/h5,8,13H,4,6-7H2,1-3H3,(H,18,19)(H,24,25). The van der Waals surface area contributed by atoms with Gasteiger partial charge in [-0.15, -0.1) is 0 Å². The number of imidazole rings is 1. The van der Waals surface area contributed by atoms with E-state index in [2.05, 4.69) is 9.97 Å². The van der Waals surface area contributed by atoms with Gasteiger partial charge in [-0.2, -0.15) is 0 Å². The van der Waals surface area contributed by atoms with Crippen molar-refractivity contribution in [3.8, 4) is 0 Å². The van der Waals surface area contributed by atoms with Crippen LogP contribution in [-0.2, 0) is 24.3 Å². The maximum atomic E-state index is 13.1. The number of aromatic nitrogens is 3. The average molecular weight is 344 g/mol. The van der Waals surface area contributed by atoms with Crippen LogP contribution < -0.4 is 5.56 Å². The third-order valence-corrected chi connectivity index (χ3v) is 4.68. The smallest absolute Gasteiger partial charge is 0.326 e. The van der Waals surface area contributed by atoms with Crippen molar-refractivity contribution >= 4 is 11.9 Å². The summed E-state index contributed by atoms with van der Waals surface area (Å²) in [5.74, 6) is -1.67. The SMILES string of the molecule is CCn1c(C)cc(C)c(C(=O)N2Cc3[nH]cnc3CC2C(=O)O)c1=O. The second-order valence-corrected chi connectivity index (χ2v) is 6.21.